The Labute approximate surface area is 122 Å². The maximum atomic E-state index is 12.3. The van der Waals surface area contributed by atoms with Crippen molar-refractivity contribution in [3.63, 3.8) is 0 Å². The number of aryl methyl sites for hydroxylation is 2. The fourth-order valence-corrected chi connectivity index (χ4v) is 2.76. The number of hydrogen-bond donors (Lipinski definition) is 2. The topological polar surface area (TPSA) is 85.8 Å². The molecule has 0 aliphatic rings. The number of nitrogen functional groups attached to an aromatic ring is 1. The Morgan fingerprint density at radius 1 is 1.50 bits per heavy atom. The number of nitrogens with zero attached hydrogens (tertiary/aromatic N) is 3. The summed E-state index contributed by atoms with van der Waals surface area (Å²) in [7, 11) is 0. The van der Waals surface area contributed by atoms with E-state index < -0.39 is 0 Å². The molecule has 0 bridgehead atoms. The second-order valence-corrected chi connectivity index (χ2v) is 5.62. The van der Waals surface area contributed by atoms with Crippen molar-refractivity contribution in [1.29, 1.82) is 0 Å². The third-order valence-corrected chi connectivity index (χ3v) is 4.34. The highest BCUT2D eigenvalue weighted by Gasteiger charge is 2.19. The largest absolute Gasteiger partial charge is 0.396 e. The molecule has 2 aromatic rings. The van der Waals surface area contributed by atoms with Gasteiger partial charge in [0.15, 0.2) is 0 Å². The third-order valence-electron chi connectivity index (χ3n) is 3.02. The van der Waals surface area contributed by atoms with E-state index in [2.05, 4.69) is 22.3 Å². The van der Waals surface area contributed by atoms with Gasteiger partial charge < -0.3 is 11.1 Å². The lowest BCUT2D eigenvalue weighted by Crippen LogP contribution is -2.29. The molecule has 0 radical (unpaired) electrons. The summed E-state index contributed by atoms with van der Waals surface area (Å²) in [6, 6.07) is -0.146. The van der Waals surface area contributed by atoms with Gasteiger partial charge in [-0.25, -0.2) is 4.98 Å². The first-order valence-corrected chi connectivity index (χ1v) is 7.45. The molecule has 1 atom stereocenters. The van der Waals surface area contributed by atoms with Crippen molar-refractivity contribution in [3.8, 4) is 0 Å². The van der Waals surface area contributed by atoms with E-state index in [0.29, 0.717) is 17.9 Å². The van der Waals surface area contributed by atoms with Crippen molar-refractivity contribution < 1.29 is 4.79 Å². The number of carbonyl (C=O) groups excluding carboxylic acids is 1. The zero-order chi connectivity index (χ0) is 14.7. The lowest BCUT2D eigenvalue weighted by molar-refractivity contribution is 0.0930. The molecule has 0 fully saturated rings. The van der Waals surface area contributed by atoms with Crippen LogP contribution in [0.3, 0.4) is 0 Å². The Morgan fingerprint density at radius 2 is 2.25 bits per heavy atom. The molecule has 1 amide bonds. The normalized spacial score (nSPS) is 12.3. The number of rotatable bonds is 5. The Kier molecular flexibility index (Phi) is 4.39. The van der Waals surface area contributed by atoms with Crippen molar-refractivity contribution in [2.24, 2.45) is 0 Å². The molecular formula is C13H19N5OS. The van der Waals surface area contributed by atoms with Gasteiger partial charge in [0, 0.05) is 17.6 Å². The van der Waals surface area contributed by atoms with Crippen LogP contribution in [0.1, 0.15) is 47.2 Å². The van der Waals surface area contributed by atoms with Crippen LogP contribution in [0.25, 0.3) is 0 Å². The number of hydrogen-bond acceptors (Lipinski definition) is 5. The maximum absolute atomic E-state index is 12.3. The summed E-state index contributed by atoms with van der Waals surface area (Å²) in [5, 5.41) is 7.89. The monoisotopic (exact) mass is 293 g/mol. The van der Waals surface area contributed by atoms with Crippen LogP contribution in [0.4, 0.5) is 5.69 Å². The molecule has 0 spiro atoms. The Hall–Kier alpha value is -1.89. The van der Waals surface area contributed by atoms with E-state index in [1.165, 1.54) is 11.1 Å². The van der Waals surface area contributed by atoms with E-state index in [1.807, 2.05) is 20.0 Å². The summed E-state index contributed by atoms with van der Waals surface area (Å²) in [5.41, 5.74) is 6.60. The van der Waals surface area contributed by atoms with Crippen LogP contribution in [0.15, 0.2) is 12.4 Å². The summed E-state index contributed by atoms with van der Waals surface area (Å²) in [5.74, 6) is -0.220. The minimum atomic E-state index is -0.220. The molecule has 1 unspecified atom stereocenters. The second kappa shape index (κ2) is 6.04. The van der Waals surface area contributed by atoms with Gasteiger partial charge in [-0.2, -0.15) is 5.10 Å². The predicted molar refractivity (Wildman–Crippen MR) is 79.7 cm³/mol. The van der Waals surface area contributed by atoms with Gasteiger partial charge in [0.1, 0.15) is 10.7 Å². The fourth-order valence-electron chi connectivity index (χ4n) is 1.90. The van der Waals surface area contributed by atoms with Crippen molar-refractivity contribution in [1.82, 2.24) is 20.1 Å². The van der Waals surface area contributed by atoms with Gasteiger partial charge in [0.25, 0.3) is 5.91 Å². The third kappa shape index (κ3) is 2.82. The first-order chi connectivity index (χ1) is 9.56. The van der Waals surface area contributed by atoms with Gasteiger partial charge >= 0.3 is 0 Å². The summed E-state index contributed by atoms with van der Waals surface area (Å²) in [4.78, 5) is 17.8. The molecule has 20 heavy (non-hydrogen) atoms. The molecule has 108 valence electrons. The number of carbonyl (C=O) groups is 1. The first kappa shape index (κ1) is 14.5. The van der Waals surface area contributed by atoms with Crippen molar-refractivity contribution >= 4 is 22.9 Å². The Morgan fingerprint density at radius 3 is 2.85 bits per heavy atom. The van der Waals surface area contributed by atoms with Gasteiger partial charge in [-0.05, 0) is 20.3 Å². The highest BCUT2D eigenvalue weighted by Crippen LogP contribution is 2.21. The van der Waals surface area contributed by atoms with Crippen molar-refractivity contribution in [3.05, 3.63) is 28.0 Å². The van der Waals surface area contributed by atoms with Crippen LogP contribution in [-0.2, 0) is 13.0 Å². The van der Waals surface area contributed by atoms with Crippen LogP contribution < -0.4 is 11.1 Å². The number of thiazole rings is 1. The second-order valence-electron chi connectivity index (χ2n) is 4.48. The molecule has 6 nitrogen and oxygen atoms in total. The fraction of sp³-hybridized carbons (Fsp3) is 0.462. The number of nitrogens with one attached hydrogen (secondary N) is 1. The molecule has 2 heterocycles. The molecular weight excluding hydrogens is 274 g/mol. The number of aromatic nitrogens is 3. The highest BCUT2D eigenvalue weighted by atomic mass is 32.1. The zero-order valence-corrected chi connectivity index (χ0v) is 12.7. The summed E-state index contributed by atoms with van der Waals surface area (Å²) in [6.07, 6.45) is 4.31. The van der Waals surface area contributed by atoms with Gasteiger partial charge in [0.05, 0.1) is 17.9 Å². The zero-order valence-electron chi connectivity index (χ0n) is 11.9. The van der Waals surface area contributed by atoms with Crippen LogP contribution in [0, 0.1) is 0 Å². The summed E-state index contributed by atoms with van der Waals surface area (Å²) >= 11 is 1.61. The van der Waals surface area contributed by atoms with Crippen LogP contribution in [0.5, 0.6) is 0 Å². The smallest absolute Gasteiger partial charge is 0.272 e. The molecule has 2 rings (SSSR count). The van der Waals surface area contributed by atoms with Gasteiger partial charge in [-0.3, -0.25) is 9.48 Å². The van der Waals surface area contributed by atoms with Crippen LogP contribution >= 0.6 is 11.3 Å². The molecule has 3 N–H and O–H groups in total. The molecule has 0 aliphatic carbocycles. The number of nitrogens with two attached hydrogens (primary N) is 1. The Balaban J connectivity index is 2.12. The lowest BCUT2D eigenvalue weighted by Gasteiger charge is -2.12. The lowest BCUT2D eigenvalue weighted by atomic mass is 10.3. The van der Waals surface area contributed by atoms with E-state index >= 15 is 0 Å². The average molecular weight is 293 g/mol. The molecule has 0 saturated heterocycles. The minimum Gasteiger partial charge on any atom is -0.396 e. The molecule has 7 heteroatoms. The Bertz CT molecular complexity index is 604. The first-order valence-electron chi connectivity index (χ1n) is 6.63. The minimum absolute atomic E-state index is 0.146. The van der Waals surface area contributed by atoms with E-state index in [9.17, 15) is 4.79 Å². The standard InChI is InChI=1S/C13H19N5OS/c1-4-9-6-15-13(20-9)8(3)17-12(19)11-10(14)7-16-18(11)5-2/h6-8H,4-5,14H2,1-3H3,(H,17,19). The highest BCUT2D eigenvalue weighted by molar-refractivity contribution is 7.11. The van der Waals surface area contributed by atoms with Gasteiger partial charge in [0.2, 0.25) is 0 Å². The van der Waals surface area contributed by atoms with Gasteiger partial charge in [-0.1, -0.05) is 6.92 Å². The van der Waals surface area contributed by atoms with Crippen LogP contribution in [-0.4, -0.2) is 20.7 Å². The van der Waals surface area contributed by atoms with Crippen molar-refractivity contribution in [2.45, 2.75) is 39.8 Å². The number of amides is 1. The molecule has 0 aliphatic heterocycles. The summed E-state index contributed by atoms with van der Waals surface area (Å²) in [6.45, 7) is 6.52. The summed E-state index contributed by atoms with van der Waals surface area (Å²) < 4.78 is 1.59. The predicted octanol–water partition coefficient (Wildman–Crippen LogP) is 2.00. The van der Waals surface area contributed by atoms with E-state index in [1.54, 1.807) is 16.0 Å². The average Bonchev–Trinajstić information content (AvgIpc) is 3.04. The number of anilines is 1. The van der Waals surface area contributed by atoms with E-state index in [-0.39, 0.29) is 11.9 Å². The maximum Gasteiger partial charge on any atom is 0.272 e. The molecule has 2 aromatic heterocycles. The molecule has 0 aromatic carbocycles. The molecule has 0 saturated carbocycles. The van der Waals surface area contributed by atoms with Crippen LogP contribution in [0.2, 0.25) is 0 Å². The van der Waals surface area contributed by atoms with E-state index in [0.717, 1.165) is 11.4 Å². The van der Waals surface area contributed by atoms with Crippen molar-refractivity contribution in [2.75, 3.05) is 5.73 Å². The quantitative estimate of drug-likeness (QED) is 0.882. The van der Waals surface area contributed by atoms with E-state index in [4.69, 9.17) is 5.73 Å². The SMILES string of the molecule is CCc1cnc(C(C)NC(=O)c2c(N)cnn2CC)s1. The van der Waals surface area contributed by atoms with Gasteiger partial charge in [-0.15, -0.1) is 11.3 Å².